The molecule has 0 aromatic heterocycles. The van der Waals surface area contributed by atoms with E-state index in [1.54, 1.807) is 6.92 Å². The van der Waals surface area contributed by atoms with E-state index in [4.69, 9.17) is 4.74 Å². The highest BCUT2D eigenvalue weighted by atomic mass is 127. The van der Waals surface area contributed by atoms with Gasteiger partial charge in [-0.1, -0.05) is 0 Å². The van der Waals surface area contributed by atoms with Crippen molar-refractivity contribution in [3.8, 4) is 5.75 Å². The van der Waals surface area contributed by atoms with Crippen LogP contribution in [0.3, 0.4) is 0 Å². The van der Waals surface area contributed by atoms with Crippen LogP contribution in [0.5, 0.6) is 5.75 Å². The van der Waals surface area contributed by atoms with Gasteiger partial charge >= 0.3 is 0 Å². The minimum atomic E-state index is -0.530. The van der Waals surface area contributed by atoms with Crippen molar-refractivity contribution in [1.82, 2.24) is 0 Å². The molecule has 0 fully saturated rings. The van der Waals surface area contributed by atoms with Crippen LogP contribution in [0.25, 0.3) is 0 Å². The van der Waals surface area contributed by atoms with E-state index in [1.165, 1.54) is 12.1 Å². The Morgan fingerprint density at radius 1 is 1.60 bits per heavy atom. The Morgan fingerprint density at radius 3 is 2.73 bits per heavy atom. The average molecular weight is 321 g/mol. The van der Waals surface area contributed by atoms with Gasteiger partial charge in [0.15, 0.2) is 0 Å². The molecule has 1 aromatic rings. The molecule has 0 aliphatic heterocycles. The zero-order valence-electron chi connectivity index (χ0n) is 7.90. The number of carbonyl (C=O) groups excluding carboxylic acids is 1. The molecule has 0 bridgehead atoms. The first-order valence-electron chi connectivity index (χ1n) is 4.16. The summed E-state index contributed by atoms with van der Waals surface area (Å²) < 4.78 is 5.61. The van der Waals surface area contributed by atoms with Gasteiger partial charge in [-0.3, -0.25) is 14.9 Å². The third-order valence-electron chi connectivity index (χ3n) is 1.67. The number of halogens is 1. The van der Waals surface area contributed by atoms with Crippen LogP contribution in [-0.4, -0.2) is 17.8 Å². The maximum Gasteiger partial charge on any atom is 0.287 e. The summed E-state index contributed by atoms with van der Waals surface area (Å²) in [5, 5.41) is 10.7. The summed E-state index contributed by atoms with van der Waals surface area (Å²) in [7, 11) is 0. The second kappa shape index (κ2) is 5.06. The highest BCUT2D eigenvalue weighted by Gasteiger charge is 2.18. The Labute approximate surface area is 99.7 Å². The Bertz CT molecular complexity index is 405. The lowest BCUT2D eigenvalue weighted by Gasteiger charge is -2.06. The van der Waals surface area contributed by atoms with Gasteiger partial charge in [0, 0.05) is 11.6 Å². The van der Waals surface area contributed by atoms with Gasteiger partial charge in [0.1, 0.15) is 15.6 Å². The van der Waals surface area contributed by atoms with Crippen molar-refractivity contribution < 1.29 is 14.5 Å². The summed E-state index contributed by atoms with van der Waals surface area (Å²) in [5.74, 6) is 0.370. The summed E-state index contributed by atoms with van der Waals surface area (Å²) in [6.45, 7) is 2.17. The third kappa shape index (κ3) is 2.65. The number of aldehydes is 1. The minimum absolute atomic E-state index is 0.108. The van der Waals surface area contributed by atoms with Gasteiger partial charge in [-0.15, -0.1) is 0 Å². The van der Waals surface area contributed by atoms with E-state index in [9.17, 15) is 14.9 Å². The maximum absolute atomic E-state index is 10.7. The molecule has 0 aliphatic carbocycles. The number of carbonyl (C=O) groups is 1. The highest BCUT2D eigenvalue weighted by molar-refractivity contribution is 14.1. The summed E-state index contributed by atoms with van der Waals surface area (Å²) >= 11 is 1.83. The van der Waals surface area contributed by atoms with E-state index in [0.717, 1.165) is 0 Å². The van der Waals surface area contributed by atoms with Crippen LogP contribution in [-0.2, 0) is 0 Å². The van der Waals surface area contributed by atoms with Crippen LogP contribution in [0, 0.1) is 13.7 Å². The van der Waals surface area contributed by atoms with Crippen molar-refractivity contribution in [3.63, 3.8) is 0 Å². The molecule has 0 spiro atoms. The van der Waals surface area contributed by atoms with Gasteiger partial charge in [0.25, 0.3) is 5.69 Å². The molecule has 0 atom stereocenters. The number of nitro groups is 1. The molecular weight excluding hydrogens is 313 g/mol. The molecule has 6 heteroatoms. The van der Waals surface area contributed by atoms with Gasteiger partial charge < -0.3 is 4.74 Å². The second-order valence-electron chi connectivity index (χ2n) is 2.66. The van der Waals surface area contributed by atoms with Crippen LogP contribution in [0.4, 0.5) is 5.69 Å². The molecule has 0 heterocycles. The molecule has 0 N–H and O–H groups in total. The van der Waals surface area contributed by atoms with Crippen LogP contribution in [0.1, 0.15) is 17.3 Å². The fraction of sp³-hybridized carbons (Fsp3) is 0.222. The quantitative estimate of drug-likeness (QED) is 0.370. The first-order chi connectivity index (χ1) is 7.10. The molecule has 0 aliphatic rings. The fourth-order valence-corrected chi connectivity index (χ4v) is 1.73. The van der Waals surface area contributed by atoms with Crippen molar-refractivity contribution in [2.45, 2.75) is 6.92 Å². The Morgan fingerprint density at radius 2 is 2.27 bits per heavy atom. The summed E-state index contributed by atoms with van der Waals surface area (Å²) in [4.78, 5) is 20.7. The highest BCUT2D eigenvalue weighted by Crippen LogP contribution is 2.31. The van der Waals surface area contributed by atoms with Gasteiger partial charge in [-0.25, -0.2) is 0 Å². The molecule has 0 radical (unpaired) electrons. The number of nitrogens with zero attached hydrogens (tertiary/aromatic N) is 1. The predicted octanol–water partition coefficient (Wildman–Crippen LogP) is 2.41. The molecule has 15 heavy (non-hydrogen) atoms. The monoisotopic (exact) mass is 321 g/mol. The molecule has 1 rings (SSSR count). The summed E-state index contributed by atoms with van der Waals surface area (Å²) in [5.41, 5.74) is 0.134. The number of ether oxygens (including phenoxy) is 1. The number of rotatable bonds is 4. The van der Waals surface area contributed by atoms with Gasteiger partial charge in [0.05, 0.1) is 11.5 Å². The third-order valence-corrected chi connectivity index (χ3v) is 2.76. The standard InChI is InChI=1S/C9H8INO4/c1-2-15-8-4-6(5-12)3-7(9(8)10)11(13)14/h3-5H,2H2,1H3. The normalized spacial score (nSPS) is 9.73. The Balaban J connectivity index is 3.32. The van der Waals surface area contributed by atoms with Gasteiger partial charge in [-0.2, -0.15) is 0 Å². The van der Waals surface area contributed by atoms with E-state index in [1.807, 2.05) is 22.6 Å². The van der Waals surface area contributed by atoms with Crippen LogP contribution in [0.15, 0.2) is 12.1 Å². The van der Waals surface area contributed by atoms with E-state index in [-0.39, 0.29) is 11.3 Å². The second-order valence-corrected chi connectivity index (χ2v) is 3.74. The number of nitro benzene ring substituents is 1. The smallest absolute Gasteiger partial charge is 0.287 e. The SMILES string of the molecule is CCOc1cc(C=O)cc([N+](=O)[O-])c1I. The van der Waals surface area contributed by atoms with Crippen LogP contribution < -0.4 is 4.74 Å². The van der Waals surface area contributed by atoms with Crippen molar-refractivity contribution in [1.29, 1.82) is 0 Å². The van der Waals surface area contributed by atoms with Crippen LogP contribution >= 0.6 is 22.6 Å². The largest absolute Gasteiger partial charge is 0.492 e. The zero-order chi connectivity index (χ0) is 11.4. The molecule has 1 aromatic carbocycles. The molecule has 0 saturated heterocycles. The van der Waals surface area contributed by atoms with E-state index < -0.39 is 4.92 Å². The number of benzene rings is 1. The molecular formula is C9H8INO4. The summed E-state index contributed by atoms with van der Waals surface area (Å²) in [6, 6.07) is 2.72. The molecule has 80 valence electrons. The Kier molecular flexibility index (Phi) is 4.01. The van der Waals surface area contributed by atoms with E-state index >= 15 is 0 Å². The average Bonchev–Trinajstić information content (AvgIpc) is 2.21. The first kappa shape index (κ1) is 11.9. The van der Waals surface area contributed by atoms with Crippen molar-refractivity contribution in [3.05, 3.63) is 31.4 Å². The van der Waals surface area contributed by atoms with Gasteiger partial charge in [0.2, 0.25) is 0 Å². The maximum atomic E-state index is 10.7. The molecule has 5 nitrogen and oxygen atoms in total. The molecule has 0 saturated carbocycles. The fourth-order valence-electron chi connectivity index (χ4n) is 1.07. The summed E-state index contributed by atoms with van der Waals surface area (Å²) in [6.07, 6.45) is 0.561. The predicted molar refractivity (Wildman–Crippen MR) is 62.4 cm³/mol. The number of hydrogen-bond donors (Lipinski definition) is 0. The minimum Gasteiger partial charge on any atom is -0.492 e. The topological polar surface area (TPSA) is 69.4 Å². The van der Waals surface area contributed by atoms with Crippen molar-refractivity contribution >= 4 is 34.6 Å². The van der Waals surface area contributed by atoms with Crippen molar-refractivity contribution in [2.75, 3.05) is 6.61 Å². The lowest BCUT2D eigenvalue weighted by molar-refractivity contribution is -0.385. The van der Waals surface area contributed by atoms with E-state index in [0.29, 0.717) is 22.2 Å². The van der Waals surface area contributed by atoms with Gasteiger partial charge in [-0.05, 0) is 35.6 Å². The molecule has 0 unspecified atom stereocenters. The number of hydrogen-bond acceptors (Lipinski definition) is 4. The lowest BCUT2D eigenvalue weighted by Crippen LogP contribution is -2.00. The molecule has 0 amide bonds. The zero-order valence-corrected chi connectivity index (χ0v) is 10.1. The first-order valence-corrected chi connectivity index (χ1v) is 5.24. The van der Waals surface area contributed by atoms with E-state index in [2.05, 4.69) is 0 Å². The Hall–Kier alpha value is -1.18. The van der Waals surface area contributed by atoms with Crippen molar-refractivity contribution in [2.24, 2.45) is 0 Å². The lowest BCUT2D eigenvalue weighted by atomic mass is 10.2. The van der Waals surface area contributed by atoms with Crippen LogP contribution in [0.2, 0.25) is 0 Å².